The lowest BCUT2D eigenvalue weighted by atomic mass is 9.84. The molecule has 0 aliphatic rings. The summed E-state index contributed by atoms with van der Waals surface area (Å²) in [6, 6.07) is 66.8. The predicted molar refractivity (Wildman–Crippen MR) is 214 cm³/mol. The van der Waals surface area contributed by atoms with Crippen LogP contribution in [0.2, 0.25) is 0 Å². The van der Waals surface area contributed by atoms with Crippen LogP contribution in [-0.2, 0) is 0 Å². The minimum atomic E-state index is 1.18. The van der Waals surface area contributed by atoms with E-state index in [-0.39, 0.29) is 0 Å². The van der Waals surface area contributed by atoms with Gasteiger partial charge in [-0.25, -0.2) is 0 Å². The Morgan fingerprint density at radius 3 is 1.66 bits per heavy atom. The van der Waals surface area contributed by atoms with Gasteiger partial charge in [0.25, 0.3) is 0 Å². The maximum Gasteiger partial charge on any atom is 0.0541 e. The molecule has 10 aromatic rings. The molecular weight excluding hydrogens is 603 g/mol. The highest BCUT2D eigenvalue weighted by Crippen LogP contribution is 2.46. The fraction of sp³-hybridized carbons (Fsp3) is 0.0204. The van der Waals surface area contributed by atoms with Gasteiger partial charge in [-0.05, 0) is 109 Å². The van der Waals surface area contributed by atoms with Gasteiger partial charge in [0.05, 0.1) is 11.0 Å². The Morgan fingerprint density at radius 2 is 0.900 bits per heavy atom. The summed E-state index contributed by atoms with van der Waals surface area (Å²) >= 11 is 0. The molecule has 0 N–H and O–H groups in total. The van der Waals surface area contributed by atoms with Crippen molar-refractivity contribution < 1.29 is 0 Å². The van der Waals surface area contributed by atoms with Gasteiger partial charge in [-0.2, -0.15) is 0 Å². The van der Waals surface area contributed by atoms with Crippen LogP contribution in [0.1, 0.15) is 5.56 Å². The Hall–Kier alpha value is -6.44. The van der Waals surface area contributed by atoms with Crippen LogP contribution in [0.3, 0.4) is 0 Å². The summed E-state index contributed by atoms with van der Waals surface area (Å²) in [6.45, 7) is 2.18. The molecule has 0 saturated carbocycles. The average Bonchev–Trinajstić information content (AvgIpc) is 3.50. The Labute approximate surface area is 291 Å². The van der Waals surface area contributed by atoms with Crippen molar-refractivity contribution in [3.63, 3.8) is 0 Å². The monoisotopic (exact) mass is 635 g/mol. The minimum absolute atomic E-state index is 1.18. The molecule has 0 spiro atoms. The molecule has 50 heavy (non-hydrogen) atoms. The fourth-order valence-electron chi connectivity index (χ4n) is 8.17. The third-order valence-electron chi connectivity index (χ3n) is 10.4. The summed E-state index contributed by atoms with van der Waals surface area (Å²) < 4.78 is 2.38. The second-order valence-corrected chi connectivity index (χ2v) is 13.4. The number of aromatic nitrogens is 1. The van der Waals surface area contributed by atoms with Crippen molar-refractivity contribution in [3.05, 3.63) is 188 Å². The lowest BCUT2D eigenvalue weighted by Gasteiger charge is -2.19. The maximum absolute atomic E-state index is 2.38. The van der Waals surface area contributed by atoms with E-state index < -0.39 is 0 Å². The number of hydrogen-bond acceptors (Lipinski definition) is 0. The second kappa shape index (κ2) is 11.3. The zero-order chi connectivity index (χ0) is 33.2. The highest BCUT2D eigenvalue weighted by molar-refractivity contribution is 6.28. The Balaban J connectivity index is 1.17. The number of benzene rings is 9. The lowest BCUT2D eigenvalue weighted by Crippen LogP contribution is -1.93. The van der Waals surface area contributed by atoms with E-state index in [0.29, 0.717) is 0 Å². The topological polar surface area (TPSA) is 4.93 Å². The molecule has 234 valence electrons. The molecule has 0 bridgehead atoms. The minimum Gasteiger partial charge on any atom is -0.309 e. The summed E-state index contributed by atoms with van der Waals surface area (Å²) in [4.78, 5) is 0. The molecule has 0 atom stereocenters. The molecule has 0 unspecified atom stereocenters. The zero-order valence-electron chi connectivity index (χ0n) is 27.8. The standard InChI is InChI=1S/C49H33N/c1-32-20-28-45-43(30-32)44-31-37(26-29-46(44)50(45)38-15-6-3-7-16-38)33-21-23-36(24-22-33)47-40-18-10-11-19-41(40)48(35-13-4-2-5-14-35)49-39-17-9-8-12-34(39)25-27-42(47)49/h2-31H,1H3. The molecule has 0 amide bonds. The van der Waals surface area contributed by atoms with Crippen LogP contribution in [0.15, 0.2) is 182 Å². The van der Waals surface area contributed by atoms with Crippen molar-refractivity contribution in [1.29, 1.82) is 0 Å². The van der Waals surface area contributed by atoms with E-state index in [2.05, 4.69) is 193 Å². The Morgan fingerprint density at radius 1 is 0.340 bits per heavy atom. The van der Waals surface area contributed by atoms with Crippen molar-refractivity contribution in [2.75, 3.05) is 0 Å². The molecule has 10 rings (SSSR count). The summed E-state index contributed by atoms with van der Waals surface area (Å²) in [7, 11) is 0. The number of hydrogen-bond donors (Lipinski definition) is 0. The summed E-state index contributed by atoms with van der Waals surface area (Å²) in [5.74, 6) is 0. The van der Waals surface area contributed by atoms with Crippen molar-refractivity contribution in [3.8, 4) is 39.1 Å². The number of aryl methyl sites for hydroxylation is 1. The van der Waals surface area contributed by atoms with Crippen LogP contribution in [0.25, 0.3) is 93.2 Å². The van der Waals surface area contributed by atoms with Crippen molar-refractivity contribution in [1.82, 2.24) is 4.57 Å². The van der Waals surface area contributed by atoms with Gasteiger partial charge in [0.2, 0.25) is 0 Å². The van der Waals surface area contributed by atoms with E-state index in [0.717, 1.165) is 0 Å². The molecule has 1 heteroatoms. The zero-order valence-corrected chi connectivity index (χ0v) is 27.8. The smallest absolute Gasteiger partial charge is 0.0541 e. The van der Waals surface area contributed by atoms with Crippen LogP contribution in [0.5, 0.6) is 0 Å². The average molecular weight is 636 g/mol. The highest BCUT2D eigenvalue weighted by atomic mass is 15.0. The maximum atomic E-state index is 2.38. The second-order valence-electron chi connectivity index (χ2n) is 13.4. The molecule has 0 radical (unpaired) electrons. The van der Waals surface area contributed by atoms with E-state index in [1.165, 1.54) is 98.8 Å². The largest absolute Gasteiger partial charge is 0.309 e. The first-order valence-electron chi connectivity index (χ1n) is 17.4. The Kier molecular flexibility index (Phi) is 6.47. The molecule has 0 fully saturated rings. The highest BCUT2D eigenvalue weighted by Gasteiger charge is 2.19. The SMILES string of the molecule is Cc1ccc2c(c1)c1cc(-c3ccc(-c4c5ccccc5c(-c5ccccc5)c5c4ccc4ccccc45)cc3)ccc1n2-c1ccccc1. The van der Waals surface area contributed by atoms with E-state index in [4.69, 9.17) is 0 Å². The molecular formula is C49H33N. The van der Waals surface area contributed by atoms with Gasteiger partial charge < -0.3 is 4.57 Å². The van der Waals surface area contributed by atoms with Crippen LogP contribution in [0.4, 0.5) is 0 Å². The van der Waals surface area contributed by atoms with E-state index >= 15 is 0 Å². The third-order valence-corrected chi connectivity index (χ3v) is 10.4. The van der Waals surface area contributed by atoms with Gasteiger partial charge in [-0.3, -0.25) is 0 Å². The summed E-state index contributed by atoms with van der Waals surface area (Å²) in [6.07, 6.45) is 0. The molecule has 1 nitrogen and oxygen atoms in total. The summed E-state index contributed by atoms with van der Waals surface area (Å²) in [5, 5.41) is 10.2. The number of fused-ring (bicyclic) bond motifs is 7. The van der Waals surface area contributed by atoms with Gasteiger partial charge in [0, 0.05) is 16.5 Å². The fourth-order valence-corrected chi connectivity index (χ4v) is 8.17. The van der Waals surface area contributed by atoms with Gasteiger partial charge >= 0.3 is 0 Å². The number of nitrogens with zero attached hydrogens (tertiary/aromatic N) is 1. The van der Waals surface area contributed by atoms with E-state index in [1.807, 2.05) is 0 Å². The molecule has 9 aromatic carbocycles. The lowest BCUT2D eigenvalue weighted by molar-refractivity contribution is 1.18. The number of para-hydroxylation sites is 1. The molecule has 1 heterocycles. The predicted octanol–water partition coefficient (Wildman–Crippen LogP) is 13.6. The van der Waals surface area contributed by atoms with Crippen LogP contribution >= 0.6 is 0 Å². The number of rotatable bonds is 4. The molecule has 0 saturated heterocycles. The summed E-state index contributed by atoms with van der Waals surface area (Å²) in [5.41, 5.74) is 12.4. The first-order valence-corrected chi connectivity index (χ1v) is 17.4. The van der Waals surface area contributed by atoms with Crippen molar-refractivity contribution >= 4 is 54.1 Å². The van der Waals surface area contributed by atoms with Gasteiger partial charge in [-0.1, -0.05) is 151 Å². The van der Waals surface area contributed by atoms with Crippen LogP contribution < -0.4 is 0 Å². The normalized spacial score (nSPS) is 11.7. The van der Waals surface area contributed by atoms with Crippen molar-refractivity contribution in [2.24, 2.45) is 0 Å². The van der Waals surface area contributed by atoms with Crippen molar-refractivity contribution in [2.45, 2.75) is 6.92 Å². The van der Waals surface area contributed by atoms with E-state index in [9.17, 15) is 0 Å². The van der Waals surface area contributed by atoms with Gasteiger partial charge in [0.1, 0.15) is 0 Å². The molecule has 1 aromatic heterocycles. The quantitative estimate of drug-likeness (QED) is 0.134. The Bertz CT molecular complexity index is 2900. The van der Waals surface area contributed by atoms with Gasteiger partial charge in [-0.15, -0.1) is 0 Å². The van der Waals surface area contributed by atoms with E-state index in [1.54, 1.807) is 0 Å². The third kappa shape index (κ3) is 4.41. The van der Waals surface area contributed by atoms with Crippen LogP contribution in [0, 0.1) is 6.92 Å². The first-order chi connectivity index (χ1) is 24.7. The first kappa shape index (κ1) is 28.6. The molecule has 0 aliphatic heterocycles. The van der Waals surface area contributed by atoms with Crippen LogP contribution in [-0.4, -0.2) is 4.57 Å². The van der Waals surface area contributed by atoms with Gasteiger partial charge in [0.15, 0.2) is 0 Å². The molecule has 0 aliphatic carbocycles.